The van der Waals surface area contributed by atoms with Gasteiger partial charge >= 0.3 is 5.97 Å². The van der Waals surface area contributed by atoms with E-state index >= 15 is 0 Å². The molecule has 2 rings (SSSR count). The predicted octanol–water partition coefficient (Wildman–Crippen LogP) is -0.245. The zero-order chi connectivity index (χ0) is 9.26. The van der Waals surface area contributed by atoms with Gasteiger partial charge in [-0.3, -0.25) is 9.69 Å². The zero-order valence-electron chi connectivity index (χ0n) is 7.70. The van der Waals surface area contributed by atoms with Crippen LogP contribution in [0.2, 0.25) is 0 Å². The van der Waals surface area contributed by atoms with Gasteiger partial charge in [0.2, 0.25) is 0 Å². The third-order valence-electron chi connectivity index (χ3n) is 3.08. The van der Waals surface area contributed by atoms with E-state index in [9.17, 15) is 4.79 Å². The molecule has 4 heteroatoms. The highest BCUT2D eigenvalue weighted by Crippen LogP contribution is 2.20. The summed E-state index contributed by atoms with van der Waals surface area (Å²) < 4.78 is 0. The Balaban J connectivity index is 1.87. The molecule has 0 amide bonds. The highest BCUT2D eigenvalue weighted by atomic mass is 16.4. The summed E-state index contributed by atoms with van der Waals surface area (Å²) in [6.07, 6.45) is 2.09. The second-order valence-corrected chi connectivity index (χ2v) is 3.97. The van der Waals surface area contributed by atoms with E-state index in [1.54, 1.807) is 0 Å². The van der Waals surface area contributed by atoms with Crippen molar-refractivity contribution in [2.75, 3.05) is 26.2 Å². The number of hydrogen-bond acceptors (Lipinski definition) is 3. The van der Waals surface area contributed by atoms with Crippen LogP contribution in [0.15, 0.2) is 0 Å². The minimum atomic E-state index is -0.655. The number of carboxylic acid groups (broad SMARTS) is 1. The van der Waals surface area contributed by atoms with Crippen molar-refractivity contribution in [3.8, 4) is 0 Å². The predicted molar refractivity (Wildman–Crippen MR) is 48.6 cm³/mol. The molecule has 0 aliphatic carbocycles. The van der Waals surface area contributed by atoms with Gasteiger partial charge in [0.15, 0.2) is 0 Å². The molecule has 13 heavy (non-hydrogen) atoms. The van der Waals surface area contributed by atoms with E-state index in [0.717, 1.165) is 26.1 Å². The molecule has 0 aromatic carbocycles. The Morgan fingerprint density at radius 2 is 2.15 bits per heavy atom. The molecule has 2 heterocycles. The summed E-state index contributed by atoms with van der Waals surface area (Å²) in [5.74, 6) is -0.836. The monoisotopic (exact) mass is 184 g/mol. The number of likely N-dealkylation sites (tertiary alicyclic amines) is 1. The van der Waals surface area contributed by atoms with Crippen LogP contribution in [-0.2, 0) is 4.79 Å². The van der Waals surface area contributed by atoms with Crippen molar-refractivity contribution in [3.05, 3.63) is 0 Å². The molecule has 2 N–H and O–H groups in total. The lowest BCUT2D eigenvalue weighted by Gasteiger charge is -2.41. The van der Waals surface area contributed by atoms with E-state index in [-0.39, 0.29) is 5.92 Å². The maximum atomic E-state index is 10.8. The van der Waals surface area contributed by atoms with E-state index in [4.69, 9.17) is 5.11 Å². The van der Waals surface area contributed by atoms with Crippen molar-refractivity contribution in [3.63, 3.8) is 0 Å². The van der Waals surface area contributed by atoms with Gasteiger partial charge in [-0.25, -0.2) is 0 Å². The largest absolute Gasteiger partial charge is 0.481 e. The standard InChI is InChI=1S/C9H16N2O2/c12-9(13)7-4-8(6-10-5-7)11-2-1-3-11/h7-8,10H,1-6H2,(H,12,13)/t7-,8+/m0/s1. The number of nitrogens with one attached hydrogen (secondary N) is 1. The van der Waals surface area contributed by atoms with Crippen LogP contribution in [0.5, 0.6) is 0 Å². The number of carbonyl (C=O) groups is 1. The first-order valence-electron chi connectivity index (χ1n) is 4.95. The number of carboxylic acids is 1. The molecule has 0 bridgehead atoms. The molecule has 0 aromatic rings. The van der Waals surface area contributed by atoms with E-state index in [0.29, 0.717) is 12.6 Å². The van der Waals surface area contributed by atoms with Crippen LogP contribution in [0.1, 0.15) is 12.8 Å². The molecule has 0 spiro atoms. The van der Waals surface area contributed by atoms with Gasteiger partial charge in [-0.1, -0.05) is 0 Å². The van der Waals surface area contributed by atoms with Gasteiger partial charge in [-0.15, -0.1) is 0 Å². The van der Waals surface area contributed by atoms with Crippen molar-refractivity contribution in [1.29, 1.82) is 0 Å². The van der Waals surface area contributed by atoms with Gasteiger partial charge in [0.05, 0.1) is 5.92 Å². The Bertz CT molecular complexity index is 204. The molecule has 74 valence electrons. The Hall–Kier alpha value is -0.610. The fraction of sp³-hybridized carbons (Fsp3) is 0.889. The third kappa shape index (κ3) is 1.84. The highest BCUT2D eigenvalue weighted by molar-refractivity contribution is 5.70. The first kappa shape index (κ1) is 8.97. The van der Waals surface area contributed by atoms with Crippen LogP contribution in [0.3, 0.4) is 0 Å². The van der Waals surface area contributed by atoms with Crippen LogP contribution in [-0.4, -0.2) is 48.2 Å². The summed E-state index contributed by atoms with van der Waals surface area (Å²) in [5.41, 5.74) is 0. The lowest BCUT2D eigenvalue weighted by atomic mass is 9.93. The minimum absolute atomic E-state index is 0.181. The van der Waals surface area contributed by atoms with Crippen molar-refractivity contribution in [2.24, 2.45) is 5.92 Å². The molecular formula is C9H16N2O2. The van der Waals surface area contributed by atoms with Gasteiger partial charge in [0.25, 0.3) is 0 Å². The molecule has 2 atom stereocenters. The van der Waals surface area contributed by atoms with Crippen LogP contribution >= 0.6 is 0 Å². The number of rotatable bonds is 2. The minimum Gasteiger partial charge on any atom is -0.481 e. The van der Waals surface area contributed by atoms with Gasteiger partial charge < -0.3 is 10.4 Å². The summed E-state index contributed by atoms with van der Waals surface area (Å²) in [4.78, 5) is 13.1. The molecule has 2 aliphatic rings. The fourth-order valence-electron chi connectivity index (χ4n) is 2.09. The molecule has 0 aromatic heterocycles. The van der Waals surface area contributed by atoms with Gasteiger partial charge in [-0.05, 0) is 25.9 Å². The maximum absolute atomic E-state index is 10.8. The van der Waals surface area contributed by atoms with Crippen molar-refractivity contribution in [2.45, 2.75) is 18.9 Å². The lowest BCUT2D eigenvalue weighted by Crippen LogP contribution is -2.54. The molecule has 2 fully saturated rings. The van der Waals surface area contributed by atoms with Crippen molar-refractivity contribution >= 4 is 5.97 Å². The molecule has 0 saturated carbocycles. The van der Waals surface area contributed by atoms with Crippen LogP contribution in [0.25, 0.3) is 0 Å². The highest BCUT2D eigenvalue weighted by Gasteiger charge is 2.32. The first-order chi connectivity index (χ1) is 6.27. The molecular weight excluding hydrogens is 168 g/mol. The molecule has 0 radical (unpaired) electrons. The second-order valence-electron chi connectivity index (χ2n) is 3.97. The molecule has 2 aliphatic heterocycles. The summed E-state index contributed by atoms with van der Waals surface area (Å²) in [5, 5.41) is 12.1. The number of hydrogen-bond donors (Lipinski definition) is 2. The van der Waals surface area contributed by atoms with E-state index < -0.39 is 5.97 Å². The topological polar surface area (TPSA) is 52.6 Å². The lowest BCUT2D eigenvalue weighted by molar-refractivity contribution is -0.143. The average molecular weight is 184 g/mol. The average Bonchev–Trinajstić information content (AvgIpc) is 2.01. The smallest absolute Gasteiger partial charge is 0.307 e. The Labute approximate surface area is 77.9 Å². The Morgan fingerprint density at radius 3 is 2.69 bits per heavy atom. The number of nitrogens with zero attached hydrogens (tertiary/aromatic N) is 1. The normalized spacial score (nSPS) is 35.4. The SMILES string of the molecule is O=C(O)[C@@H]1CNC[C@H](N2CCC2)C1. The van der Waals surface area contributed by atoms with Crippen molar-refractivity contribution < 1.29 is 9.90 Å². The maximum Gasteiger partial charge on any atom is 0.307 e. The molecule has 2 saturated heterocycles. The van der Waals surface area contributed by atoms with Crippen LogP contribution in [0.4, 0.5) is 0 Å². The van der Waals surface area contributed by atoms with E-state index in [1.807, 2.05) is 0 Å². The van der Waals surface area contributed by atoms with Crippen molar-refractivity contribution in [1.82, 2.24) is 10.2 Å². The van der Waals surface area contributed by atoms with Gasteiger partial charge in [0, 0.05) is 19.1 Å². The summed E-state index contributed by atoms with van der Waals surface area (Å²) >= 11 is 0. The summed E-state index contributed by atoms with van der Waals surface area (Å²) in [7, 11) is 0. The number of aliphatic carboxylic acids is 1. The number of piperidine rings is 1. The molecule has 4 nitrogen and oxygen atoms in total. The van der Waals surface area contributed by atoms with E-state index in [1.165, 1.54) is 6.42 Å². The third-order valence-corrected chi connectivity index (χ3v) is 3.08. The summed E-state index contributed by atoms with van der Waals surface area (Å²) in [6.45, 7) is 3.90. The fourth-order valence-corrected chi connectivity index (χ4v) is 2.09. The van der Waals surface area contributed by atoms with Crippen LogP contribution in [0, 0.1) is 5.92 Å². The zero-order valence-corrected chi connectivity index (χ0v) is 7.70. The quantitative estimate of drug-likeness (QED) is 0.621. The summed E-state index contributed by atoms with van der Waals surface area (Å²) in [6, 6.07) is 0.462. The Morgan fingerprint density at radius 1 is 1.38 bits per heavy atom. The first-order valence-corrected chi connectivity index (χ1v) is 4.95. The van der Waals surface area contributed by atoms with Gasteiger partial charge in [0.1, 0.15) is 0 Å². The van der Waals surface area contributed by atoms with E-state index in [2.05, 4.69) is 10.2 Å². The second kappa shape index (κ2) is 3.64. The van der Waals surface area contributed by atoms with Gasteiger partial charge in [-0.2, -0.15) is 0 Å². The Kier molecular flexibility index (Phi) is 2.51. The van der Waals surface area contributed by atoms with Crippen LogP contribution < -0.4 is 5.32 Å². The molecule has 0 unspecified atom stereocenters.